The molecule has 2 N–H and O–H groups in total. The largest absolute Gasteiger partial charge is 0.333 e. The highest BCUT2D eigenvalue weighted by Gasteiger charge is 2.18. The minimum Gasteiger partial charge on any atom is -0.333 e. The van der Waals surface area contributed by atoms with Crippen molar-refractivity contribution in [3.8, 4) is 5.69 Å². The van der Waals surface area contributed by atoms with E-state index in [1.165, 1.54) is 0 Å². The van der Waals surface area contributed by atoms with Gasteiger partial charge in [0, 0.05) is 23.3 Å². The van der Waals surface area contributed by atoms with E-state index in [2.05, 4.69) is 15.7 Å². The molecule has 0 unspecified atom stereocenters. The molecular formula is C20H29N5O2. The molecule has 1 heterocycles. The molecular weight excluding hydrogens is 342 g/mol. The molecule has 1 aromatic carbocycles. The summed E-state index contributed by atoms with van der Waals surface area (Å²) in [7, 11) is 1.85. The van der Waals surface area contributed by atoms with Gasteiger partial charge in [-0.15, -0.1) is 0 Å². The van der Waals surface area contributed by atoms with E-state index in [1.54, 1.807) is 0 Å². The number of amides is 3. The summed E-state index contributed by atoms with van der Waals surface area (Å²) in [5.74, 6) is -0.343. The lowest BCUT2D eigenvalue weighted by Gasteiger charge is -2.21. The van der Waals surface area contributed by atoms with Crippen LogP contribution in [0.5, 0.6) is 0 Å². The molecule has 2 rings (SSSR count). The zero-order valence-corrected chi connectivity index (χ0v) is 17.0. The summed E-state index contributed by atoms with van der Waals surface area (Å²) in [6.45, 7) is 10.3. The maximum atomic E-state index is 12.1. The lowest BCUT2D eigenvalue weighted by atomic mass is 10.1. The molecule has 7 heteroatoms. The van der Waals surface area contributed by atoms with Gasteiger partial charge in [-0.3, -0.25) is 15.0 Å². The Morgan fingerprint density at radius 1 is 1.15 bits per heavy atom. The summed E-state index contributed by atoms with van der Waals surface area (Å²) in [5.41, 5.74) is 3.65. The third kappa shape index (κ3) is 5.92. The van der Waals surface area contributed by atoms with Crippen molar-refractivity contribution in [3.05, 3.63) is 47.3 Å². The van der Waals surface area contributed by atoms with E-state index in [0.29, 0.717) is 6.54 Å². The predicted octanol–water partition coefficient (Wildman–Crippen LogP) is 2.55. The van der Waals surface area contributed by atoms with E-state index in [1.807, 2.05) is 81.6 Å². The monoisotopic (exact) mass is 371 g/mol. The van der Waals surface area contributed by atoms with Crippen LogP contribution in [0.3, 0.4) is 0 Å². The minimum atomic E-state index is -0.481. The molecule has 0 bridgehead atoms. The van der Waals surface area contributed by atoms with Gasteiger partial charge in [0.2, 0.25) is 5.91 Å². The Kier molecular flexibility index (Phi) is 6.38. The number of nitrogens with zero attached hydrogens (tertiary/aromatic N) is 3. The van der Waals surface area contributed by atoms with E-state index in [0.717, 1.165) is 22.6 Å². The average Bonchev–Trinajstić information content (AvgIpc) is 2.81. The number of urea groups is 1. The second-order valence-electron chi connectivity index (χ2n) is 7.82. The SMILES string of the molecule is Cc1nn(-c2ccccc2)c(C)c1CN(C)CC(=O)NC(=O)NC(C)(C)C. The fourth-order valence-electron chi connectivity index (χ4n) is 2.83. The van der Waals surface area contributed by atoms with Gasteiger partial charge in [-0.05, 0) is 53.8 Å². The molecule has 2 aromatic rings. The summed E-state index contributed by atoms with van der Waals surface area (Å²) in [6.07, 6.45) is 0. The summed E-state index contributed by atoms with van der Waals surface area (Å²) in [6, 6.07) is 9.46. The quantitative estimate of drug-likeness (QED) is 0.847. The highest BCUT2D eigenvalue weighted by Crippen LogP contribution is 2.19. The van der Waals surface area contributed by atoms with Crippen molar-refractivity contribution in [2.75, 3.05) is 13.6 Å². The molecule has 0 spiro atoms. The third-order valence-electron chi connectivity index (χ3n) is 4.02. The lowest BCUT2D eigenvalue weighted by Crippen LogP contribution is -2.50. The topological polar surface area (TPSA) is 79.3 Å². The van der Waals surface area contributed by atoms with Crippen molar-refractivity contribution in [2.45, 2.75) is 46.7 Å². The first-order valence-corrected chi connectivity index (χ1v) is 8.98. The molecule has 0 aliphatic rings. The number of para-hydroxylation sites is 1. The molecule has 7 nitrogen and oxygen atoms in total. The van der Waals surface area contributed by atoms with Gasteiger partial charge in [-0.1, -0.05) is 18.2 Å². The summed E-state index contributed by atoms with van der Waals surface area (Å²) in [5, 5.41) is 9.70. The fourth-order valence-corrected chi connectivity index (χ4v) is 2.83. The van der Waals surface area contributed by atoms with Crippen molar-refractivity contribution in [3.63, 3.8) is 0 Å². The molecule has 0 aliphatic carbocycles. The lowest BCUT2D eigenvalue weighted by molar-refractivity contribution is -0.121. The van der Waals surface area contributed by atoms with Gasteiger partial charge < -0.3 is 5.32 Å². The van der Waals surface area contributed by atoms with Gasteiger partial charge in [0.05, 0.1) is 17.9 Å². The molecule has 0 fully saturated rings. The van der Waals surface area contributed by atoms with Gasteiger partial charge in [0.25, 0.3) is 0 Å². The number of nitrogens with one attached hydrogen (secondary N) is 2. The Labute approximate surface area is 160 Å². The zero-order chi connectivity index (χ0) is 20.2. The van der Waals surface area contributed by atoms with Crippen LogP contribution in [0.4, 0.5) is 4.79 Å². The Morgan fingerprint density at radius 3 is 2.37 bits per heavy atom. The first kappa shape index (κ1) is 20.6. The molecule has 0 atom stereocenters. The van der Waals surface area contributed by atoms with Crippen molar-refractivity contribution in [2.24, 2.45) is 0 Å². The fraction of sp³-hybridized carbons (Fsp3) is 0.450. The number of imide groups is 1. The van der Waals surface area contributed by atoms with Crippen LogP contribution in [0.15, 0.2) is 30.3 Å². The smallest absolute Gasteiger partial charge is 0.321 e. The van der Waals surface area contributed by atoms with E-state index in [9.17, 15) is 9.59 Å². The van der Waals surface area contributed by atoms with Crippen LogP contribution in [0.25, 0.3) is 5.69 Å². The van der Waals surface area contributed by atoms with Gasteiger partial charge in [0.1, 0.15) is 0 Å². The van der Waals surface area contributed by atoms with Gasteiger partial charge in [-0.25, -0.2) is 9.48 Å². The second kappa shape index (κ2) is 8.35. The van der Waals surface area contributed by atoms with Gasteiger partial charge in [-0.2, -0.15) is 5.10 Å². The van der Waals surface area contributed by atoms with Gasteiger partial charge in [0.15, 0.2) is 0 Å². The van der Waals surface area contributed by atoms with Crippen molar-refractivity contribution in [1.82, 2.24) is 25.3 Å². The Balaban J connectivity index is 2.00. The number of aromatic nitrogens is 2. The number of rotatable bonds is 5. The van der Waals surface area contributed by atoms with Crippen molar-refractivity contribution in [1.29, 1.82) is 0 Å². The normalized spacial score (nSPS) is 11.5. The van der Waals surface area contributed by atoms with Crippen LogP contribution in [-0.2, 0) is 11.3 Å². The van der Waals surface area contributed by atoms with Gasteiger partial charge >= 0.3 is 6.03 Å². The number of carbonyl (C=O) groups is 2. The zero-order valence-electron chi connectivity index (χ0n) is 17.0. The molecule has 27 heavy (non-hydrogen) atoms. The summed E-state index contributed by atoms with van der Waals surface area (Å²) < 4.78 is 1.91. The van der Waals surface area contributed by atoms with Crippen molar-refractivity contribution >= 4 is 11.9 Å². The van der Waals surface area contributed by atoms with Crippen molar-refractivity contribution < 1.29 is 9.59 Å². The standard InChI is InChI=1S/C20H29N5O2/c1-14-17(15(2)25(23-14)16-10-8-7-9-11-16)12-24(6)13-18(26)21-19(27)22-20(3,4)5/h7-11H,12-13H2,1-6H3,(H2,21,22,26,27). The van der Waals surface area contributed by atoms with E-state index >= 15 is 0 Å². The Morgan fingerprint density at radius 2 is 1.78 bits per heavy atom. The van der Waals surface area contributed by atoms with Crippen LogP contribution in [-0.4, -0.2) is 45.8 Å². The van der Waals surface area contributed by atoms with E-state index in [4.69, 9.17) is 0 Å². The highest BCUT2D eigenvalue weighted by atomic mass is 16.2. The average molecular weight is 371 g/mol. The number of hydrogen-bond donors (Lipinski definition) is 2. The molecule has 0 saturated heterocycles. The maximum Gasteiger partial charge on any atom is 0.321 e. The van der Waals surface area contributed by atoms with Crippen LogP contribution in [0.1, 0.15) is 37.7 Å². The summed E-state index contributed by atoms with van der Waals surface area (Å²) in [4.78, 5) is 25.8. The minimum absolute atomic E-state index is 0.118. The second-order valence-corrected chi connectivity index (χ2v) is 7.82. The highest BCUT2D eigenvalue weighted by molar-refractivity contribution is 5.95. The molecule has 146 valence electrons. The molecule has 1 aromatic heterocycles. The number of aryl methyl sites for hydroxylation is 1. The molecule has 0 aliphatic heterocycles. The Bertz CT molecular complexity index is 806. The first-order chi connectivity index (χ1) is 12.6. The number of carbonyl (C=O) groups excluding carboxylic acids is 2. The summed E-state index contributed by atoms with van der Waals surface area (Å²) >= 11 is 0. The number of benzene rings is 1. The number of hydrogen-bond acceptors (Lipinski definition) is 4. The van der Waals surface area contributed by atoms with Crippen LogP contribution >= 0.6 is 0 Å². The molecule has 0 saturated carbocycles. The molecule has 0 radical (unpaired) electrons. The van der Waals surface area contributed by atoms with Crippen LogP contribution in [0.2, 0.25) is 0 Å². The van der Waals surface area contributed by atoms with Crippen LogP contribution in [0, 0.1) is 13.8 Å². The van der Waals surface area contributed by atoms with E-state index < -0.39 is 11.6 Å². The third-order valence-corrected chi connectivity index (χ3v) is 4.02. The predicted molar refractivity (Wildman–Crippen MR) is 106 cm³/mol. The van der Waals surface area contributed by atoms with E-state index in [-0.39, 0.29) is 12.5 Å². The maximum absolute atomic E-state index is 12.1. The van der Waals surface area contributed by atoms with Crippen LogP contribution < -0.4 is 10.6 Å². The number of likely N-dealkylation sites (N-methyl/N-ethyl adjacent to an activating group) is 1. The molecule has 3 amide bonds. The Hall–Kier alpha value is -2.67. The first-order valence-electron chi connectivity index (χ1n) is 8.98.